The van der Waals surface area contributed by atoms with E-state index in [0.29, 0.717) is 6.42 Å². The van der Waals surface area contributed by atoms with Crippen LogP contribution in [0.3, 0.4) is 0 Å². The number of rotatable bonds is 5. The van der Waals surface area contributed by atoms with E-state index in [1.165, 1.54) is 0 Å². The highest BCUT2D eigenvalue weighted by atomic mass is 16.3. The Hall–Kier alpha value is -2.40. The zero-order valence-corrected chi connectivity index (χ0v) is 16.2. The van der Waals surface area contributed by atoms with Gasteiger partial charge in [0.25, 0.3) is 0 Å². The molecule has 0 amide bonds. The molecular weight excluding hydrogens is 324 g/mol. The van der Waals surface area contributed by atoms with Gasteiger partial charge in [-0.15, -0.1) is 0 Å². The molecular formula is C21H28N4O. The van der Waals surface area contributed by atoms with E-state index in [1.54, 1.807) is 4.68 Å². The lowest BCUT2D eigenvalue weighted by molar-refractivity contribution is 0.0556. The Balaban J connectivity index is 1.73. The van der Waals surface area contributed by atoms with E-state index in [2.05, 4.69) is 35.8 Å². The highest BCUT2D eigenvalue weighted by molar-refractivity contribution is 5.59. The van der Waals surface area contributed by atoms with Crippen molar-refractivity contribution in [1.82, 2.24) is 19.7 Å². The summed E-state index contributed by atoms with van der Waals surface area (Å²) in [6.45, 7) is 8.43. The lowest BCUT2D eigenvalue weighted by Gasteiger charge is -2.23. The monoisotopic (exact) mass is 352 g/mol. The number of hydrogen-bond acceptors (Lipinski definition) is 3. The first-order valence-corrected chi connectivity index (χ1v) is 8.98. The second kappa shape index (κ2) is 6.72. The number of aromatic amines is 1. The molecule has 3 rings (SSSR count). The van der Waals surface area contributed by atoms with Gasteiger partial charge < -0.3 is 10.1 Å². The molecule has 2 aromatic heterocycles. The molecule has 1 aromatic carbocycles. The van der Waals surface area contributed by atoms with E-state index < -0.39 is 5.60 Å². The number of hydrogen-bond donors (Lipinski definition) is 2. The van der Waals surface area contributed by atoms with Crippen molar-refractivity contribution < 1.29 is 5.11 Å². The molecule has 5 heteroatoms. The van der Waals surface area contributed by atoms with Crippen LogP contribution in [-0.4, -0.2) is 24.9 Å². The molecule has 3 aromatic rings. The van der Waals surface area contributed by atoms with Gasteiger partial charge in [-0.25, -0.2) is 4.98 Å². The van der Waals surface area contributed by atoms with Crippen molar-refractivity contribution in [2.75, 3.05) is 0 Å². The van der Waals surface area contributed by atoms with Gasteiger partial charge in [0.05, 0.1) is 11.3 Å². The average Bonchev–Trinajstić information content (AvgIpc) is 3.14. The van der Waals surface area contributed by atoms with Crippen molar-refractivity contribution in [2.24, 2.45) is 12.5 Å². The van der Waals surface area contributed by atoms with E-state index in [1.807, 2.05) is 56.7 Å². The van der Waals surface area contributed by atoms with E-state index in [4.69, 9.17) is 0 Å². The van der Waals surface area contributed by atoms with E-state index in [-0.39, 0.29) is 5.41 Å². The molecule has 0 fully saturated rings. The summed E-state index contributed by atoms with van der Waals surface area (Å²) in [5, 5.41) is 15.4. The Bertz CT molecular complexity index is 866. The van der Waals surface area contributed by atoms with Crippen LogP contribution >= 0.6 is 0 Å². The number of nitrogens with one attached hydrogen (secondary N) is 1. The van der Waals surface area contributed by atoms with Crippen LogP contribution in [0.15, 0.2) is 42.7 Å². The maximum atomic E-state index is 11.0. The Kier molecular flexibility index (Phi) is 4.76. The lowest BCUT2D eigenvalue weighted by Crippen LogP contribution is -2.25. The number of benzene rings is 1. The van der Waals surface area contributed by atoms with Gasteiger partial charge in [0.1, 0.15) is 5.82 Å². The van der Waals surface area contributed by atoms with E-state index in [9.17, 15) is 5.11 Å². The molecule has 2 N–H and O–H groups in total. The second-order valence-electron chi connectivity index (χ2n) is 8.50. The molecule has 0 aliphatic heterocycles. The van der Waals surface area contributed by atoms with Crippen molar-refractivity contribution in [1.29, 1.82) is 0 Å². The normalized spacial score (nSPS) is 14.4. The third-order valence-electron chi connectivity index (χ3n) is 4.43. The van der Waals surface area contributed by atoms with E-state index in [0.717, 1.165) is 34.8 Å². The fourth-order valence-corrected chi connectivity index (χ4v) is 3.15. The molecule has 0 saturated carbocycles. The fourth-order valence-electron chi connectivity index (χ4n) is 3.15. The summed E-state index contributed by atoms with van der Waals surface area (Å²) >= 11 is 0. The maximum absolute atomic E-state index is 11.0. The van der Waals surface area contributed by atoms with Gasteiger partial charge in [0.15, 0.2) is 0 Å². The van der Waals surface area contributed by atoms with Crippen molar-refractivity contribution >= 4 is 0 Å². The summed E-state index contributed by atoms with van der Waals surface area (Å²) < 4.78 is 1.78. The first kappa shape index (κ1) is 18.4. The van der Waals surface area contributed by atoms with Crippen LogP contribution in [0, 0.1) is 5.41 Å². The first-order valence-electron chi connectivity index (χ1n) is 8.98. The molecule has 1 unspecified atom stereocenters. The van der Waals surface area contributed by atoms with Crippen LogP contribution in [0.2, 0.25) is 0 Å². The van der Waals surface area contributed by atoms with Crippen LogP contribution in [-0.2, 0) is 25.5 Å². The smallest absolute Gasteiger partial charge is 0.109 e. The third kappa shape index (κ3) is 4.41. The van der Waals surface area contributed by atoms with Crippen molar-refractivity contribution in [2.45, 2.75) is 46.1 Å². The predicted octanol–water partition coefficient (Wildman–Crippen LogP) is 3.85. The van der Waals surface area contributed by atoms with Gasteiger partial charge in [-0.2, -0.15) is 5.10 Å². The zero-order chi connectivity index (χ0) is 18.9. The number of H-pyrrole nitrogens is 1. The van der Waals surface area contributed by atoms with Crippen LogP contribution in [0.4, 0.5) is 0 Å². The van der Waals surface area contributed by atoms with Crippen LogP contribution < -0.4 is 0 Å². The minimum absolute atomic E-state index is 0.202. The minimum Gasteiger partial charge on any atom is -0.385 e. The summed E-state index contributed by atoms with van der Waals surface area (Å²) in [4.78, 5) is 7.80. The minimum atomic E-state index is -0.987. The number of imidazole rings is 1. The molecule has 0 aliphatic rings. The molecule has 0 bridgehead atoms. The van der Waals surface area contributed by atoms with Crippen molar-refractivity contribution in [3.8, 4) is 11.3 Å². The van der Waals surface area contributed by atoms with Crippen LogP contribution in [0.1, 0.15) is 44.8 Å². The summed E-state index contributed by atoms with van der Waals surface area (Å²) in [6.07, 6.45) is 5.17. The Morgan fingerprint density at radius 3 is 2.31 bits per heavy atom. The summed E-state index contributed by atoms with van der Waals surface area (Å²) in [7, 11) is 1.90. The third-order valence-corrected chi connectivity index (χ3v) is 4.43. The van der Waals surface area contributed by atoms with Gasteiger partial charge in [-0.3, -0.25) is 4.68 Å². The fraction of sp³-hybridized carbons (Fsp3) is 0.429. The Morgan fingerprint density at radius 2 is 1.73 bits per heavy atom. The Labute approximate surface area is 155 Å². The van der Waals surface area contributed by atoms with Gasteiger partial charge in [0.2, 0.25) is 0 Å². The second-order valence-corrected chi connectivity index (χ2v) is 8.50. The Morgan fingerprint density at radius 1 is 1.04 bits per heavy atom. The molecule has 26 heavy (non-hydrogen) atoms. The molecule has 0 radical (unpaired) electrons. The molecule has 0 aliphatic carbocycles. The summed E-state index contributed by atoms with van der Waals surface area (Å²) in [5.74, 6) is 0.808. The average molecular weight is 352 g/mol. The predicted molar refractivity (Wildman–Crippen MR) is 104 cm³/mol. The highest BCUT2D eigenvalue weighted by Crippen LogP contribution is 2.27. The topological polar surface area (TPSA) is 66.7 Å². The molecule has 1 atom stereocenters. The highest BCUT2D eigenvalue weighted by Gasteiger charge is 2.25. The van der Waals surface area contributed by atoms with Gasteiger partial charge in [-0.1, -0.05) is 45.0 Å². The standard InChI is InChI=1S/C21H28N4O/c1-20(2,3)12-17-14-22-19(23-17)13-21(4,26)16-8-6-15(7-9-16)18-10-11-25(5)24-18/h6-11,14,26H,12-13H2,1-5H3,(H,22,23). The van der Waals surface area contributed by atoms with E-state index >= 15 is 0 Å². The zero-order valence-electron chi connectivity index (χ0n) is 16.2. The molecule has 2 heterocycles. The van der Waals surface area contributed by atoms with Gasteiger partial charge in [-0.05, 0) is 30.4 Å². The quantitative estimate of drug-likeness (QED) is 0.733. The van der Waals surface area contributed by atoms with Crippen molar-refractivity contribution in [3.63, 3.8) is 0 Å². The summed E-state index contributed by atoms with van der Waals surface area (Å²) in [5.41, 5.74) is 3.15. The van der Waals surface area contributed by atoms with Crippen LogP contribution in [0.5, 0.6) is 0 Å². The number of aromatic nitrogens is 4. The largest absolute Gasteiger partial charge is 0.385 e. The molecule has 0 spiro atoms. The summed E-state index contributed by atoms with van der Waals surface area (Å²) in [6, 6.07) is 9.90. The number of aryl methyl sites for hydroxylation is 1. The lowest BCUT2D eigenvalue weighted by atomic mass is 9.90. The van der Waals surface area contributed by atoms with Crippen molar-refractivity contribution in [3.05, 3.63) is 59.8 Å². The maximum Gasteiger partial charge on any atom is 0.109 e. The number of aliphatic hydroxyl groups is 1. The molecule has 138 valence electrons. The van der Waals surface area contributed by atoms with Crippen LogP contribution in [0.25, 0.3) is 11.3 Å². The first-order chi connectivity index (χ1) is 12.1. The van der Waals surface area contributed by atoms with Gasteiger partial charge in [0, 0.05) is 37.1 Å². The number of nitrogens with zero attached hydrogens (tertiary/aromatic N) is 3. The molecule has 0 saturated heterocycles. The van der Waals surface area contributed by atoms with Gasteiger partial charge >= 0.3 is 0 Å². The molecule has 5 nitrogen and oxygen atoms in total. The SMILES string of the molecule is Cn1ccc(-c2ccc(C(C)(O)Cc3ncc(CC(C)(C)C)[nH]3)cc2)n1.